The van der Waals surface area contributed by atoms with Crippen molar-refractivity contribution in [2.45, 2.75) is 0 Å². The van der Waals surface area contributed by atoms with Crippen LogP contribution < -0.4 is 0 Å². The highest BCUT2D eigenvalue weighted by Crippen LogP contribution is 2.26. The molecule has 0 aliphatic rings. The Labute approximate surface area is 92.9 Å². The van der Waals surface area contributed by atoms with Crippen molar-refractivity contribution in [3.8, 4) is 11.1 Å². The van der Waals surface area contributed by atoms with Crippen LogP contribution in [0.1, 0.15) is 5.56 Å². The molecule has 2 heteroatoms. The highest BCUT2D eigenvalue weighted by molar-refractivity contribution is 5.66. The van der Waals surface area contributed by atoms with Gasteiger partial charge in [0.25, 0.3) is 0 Å². The second kappa shape index (κ2) is 4.27. The molecule has 2 aromatic rings. The summed E-state index contributed by atoms with van der Waals surface area (Å²) in [5.74, 6) is -0.866. The lowest BCUT2D eigenvalue weighted by Crippen LogP contribution is -1.88. The van der Waals surface area contributed by atoms with Crippen molar-refractivity contribution in [3.63, 3.8) is 0 Å². The molecule has 2 rings (SSSR count). The maximum atomic E-state index is 13.7. The van der Waals surface area contributed by atoms with E-state index in [1.807, 2.05) is 0 Å². The van der Waals surface area contributed by atoms with Crippen molar-refractivity contribution in [1.29, 1.82) is 0 Å². The first-order chi connectivity index (χ1) is 7.72. The molecule has 0 spiro atoms. The number of halogens is 2. The van der Waals surface area contributed by atoms with Gasteiger partial charge in [-0.2, -0.15) is 0 Å². The molecule has 80 valence electrons. The van der Waals surface area contributed by atoms with Crippen LogP contribution in [-0.4, -0.2) is 0 Å². The molecule has 0 bridgehead atoms. The summed E-state index contributed by atoms with van der Waals surface area (Å²) in [6.45, 7) is 3.55. The lowest BCUT2D eigenvalue weighted by molar-refractivity contribution is 0.616. The molecule has 0 amide bonds. The molecular formula is C14H10F2. The van der Waals surface area contributed by atoms with Gasteiger partial charge in [0.15, 0.2) is 0 Å². The summed E-state index contributed by atoms with van der Waals surface area (Å²) in [4.78, 5) is 0. The molecular weight excluding hydrogens is 206 g/mol. The van der Waals surface area contributed by atoms with E-state index in [0.29, 0.717) is 5.56 Å². The molecule has 0 atom stereocenters. The first kappa shape index (κ1) is 10.6. The maximum Gasteiger partial charge on any atom is 0.131 e. The smallest absolute Gasteiger partial charge is 0.131 e. The Balaban J connectivity index is 2.57. The van der Waals surface area contributed by atoms with Gasteiger partial charge in [0.2, 0.25) is 0 Å². The van der Waals surface area contributed by atoms with Crippen LogP contribution in [0.15, 0.2) is 49.0 Å². The van der Waals surface area contributed by atoms with E-state index < -0.39 is 11.6 Å². The predicted molar refractivity (Wildman–Crippen MR) is 61.9 cm³/mol. The summed E-state index contributed by atoms with van der Waals surface area (Å²) in [7, 11) is 0. The molecule has 0 saturated heterocycles. The molecule has 0 aromatic heterocycles. The second-order valence-corrected chi connectivity index (χ2v) is 3.42. The fraction of sp³-hybridized carbons (Fsp3) is 0. The Morgan fingerprint density at radius 2 is 1.56 bits per heavy atom. The summed E-state index contributed by atoms with van der Waals surface area (Å²) >= 11 is 0. The van der Waals surface area contributed by atoms with Crippen LogP contribution in [0.4, 0.5) is 8.78 Å². The Kier molecular flexibility index (Phi) is 2.82. The number of hydrogen-bond donors (Lipinski definition) is 0. The highest BCUT2D eigenvalue weighted by atomic mass is 19.1. The molecule has 0 fully saturated rings. The van der Waals surface area contributed by atoms with Crippen molar-refractivity contribution in [2.24, 2.45) is 0 Å². The van der Waals surface area contributed by atoms with Crippen molar-refractivity contribution < 1.29 is 8.78 Å². The zero-order chi connectivity index (χ0) is 11.5. The van der Waals surface area contributed by atoms with Crippen molar-refractivity contribution >= 4 is 6.08 Å². The third-order valence-corrected chi connectivity index (χ3v) is 2.39. The Morgan fingerprint density at radius 1 is 0.875 bits per heavy atom. The molecule has 16 heavy (non-hydrogen) atoms. The van der Waals surface area contributed by atoms with E-state index in [2.05, 4.69) is 6.58 Å². The highest BCUT2D eigenvalue weighted by Gasteiger charge is 2.09. The lowest BCUT2D eigenvalue weighted by atomic mass is 10.0. The van der Waals surface area contributed by atoms with Gasteiger partial charge in [-0.3, -0.25) is 0 Å². The van der Waals surface area contributed by atoms with E-state index in [9.17, 15) is 8.78 Å². The molecule has 0 nitrogen and oxygen atoms in total. The van der Waals surface area contributed by atoms with Gasteiger partial charge in [-0.15, -0.1) is 0 Å². The van der Waals surface area contributed by atoms with E-state index >= 15 is 0 Å². The fourth-order valence-electron chi connectivity index (χ4n) is 1.56. The second-order valence-electron chi connectivity index (χ2n) is 3.42. The first-order valence-corrected chi connectivity index (χ1v) is 4.89. The average Bonchev–Trinajstić information content (AvgIpc) is 2.30. The van der Waals surface area contributed by atoms with Gasteiger partial charge in [-0.25, -0.2) is 8.78 Å². The molecule has 2 aromatic carbocycles. The largest absolute Gasteiger partial charge is 0.206 e. The minimum Gasteiger partial charge on any atom is -0.206 e. The molecule has 0 unspecified atom stereocenters. The monoisotopic (exact) mass is 216 g/mol. The quantitative estimate of drug-likeness (QED) is 0.703. The van der Waals surface area contributed by atoms with E-state index in [1.54, 1.807) is 36.4 Å². The van der Waals surface area contributed by atoms with E-state index in [-0.39, 0.29) is 11.1 Å². The Hall–Kier alpha value is -1.96. The summed E-state index contributed by atoms with van der Waals surface area (Å²) < 4.78 is 27.1. The van der Waals surface area contributed by atoms with Gasteiger partial charge < -0.3 is 0 Å². The maximum absolute atomic E-state index is 13.7. The van der Waals surface area contributed by atoms with Crippen LogP contribution in [0.2, 0.25) is 0 Å². The topological polar surface area (TPSA) is 0 Å². The minimum atomic E-state index is -0.442. The lowest BCUT2D eigenvalue weighted by Gasteiger charge is -2.05. The average molecular weight is 216 g/mol. The molecule has 0 N–H and O–H groups in total. The molecule has 0 aliphatic carbocycles. The summed E-state index contributed by atoms with van der Waals surface area (Å²) in [6, 6.07) is 10.7. The van der Waals surface area contributed by atoms with Gasteiger partial charge in [0, 0.05) is 11.1 Å². The van der Waals surface area contributed by atoms with Crippen molar-refractivity contribution in [3.05, 3.63) is 66.2 Å². The van der Waals surface area contributed by atoms with Crippen LogP contribution in [0, 0.1) is 11.6 Å². The van der Waals surface area contributed by atoms with Crippen LogP contribution in [0.25, 0.3) is 17.2 Å². The number of benzene rings is 2. The first-order valence-electron chi connectivity index (χ1n) is 4.89. The van der Waals surface area contributed by atoms with Crippen LogP contribution in [-0.2, 0) is 0 Å². The Morgan fingerprint density at radius 3 is 2.19 bits per heavy atom. The van der Waals surface area contributed by atoms with E-state index in [0.717, 1.165) is 0 Å². The summed E-state index contributed by atoms with van der Waals surface area (Å²) in [5, 5.41) is 0. The Bertz CT molecular complexity index is 530. The summed E-state index contributed by atoms with van der Waals surface area (Å²) in [6.07, 6.45) is 1.55. The van der Waals surface area contributed by atoms with E-state index in [4.69, 9.17) is 0 Å². The number of hydrogen-bond acceptors (Lipinski definition) is 0. The van der Waals surface area contributed by atoms with Gasteiger partial charge in [0.05, 0.1) is 0 Å². The standard InChI is InChI=1S/C14H10F2/c1-2-10-7-8-12(14(16)9-10)11-5-3-4-6-13(11)15/h2-9H,1H2. The fourth-order valence-corrected chi connectivity index (χ4v) is 1.56. The summed E-state index contributed by atoms with van der Waals surface area (Å²) in [5.41, 5.74) is 1.22. The molecule has 0 heterocycles. The minimum absolute atomic E-state index is 0.267. The third kappa shape index (κ3) is 1.87. The van der Waals surface area contributed by atoms with Crippen molar-refractivity contribution in [2.75, 3.05) is 0 Å². The zero-order valence-electron chi connectivity index (χ0n) is 8.58. The van der Waals surface area contributed by atoms with Crippen molar-refractivity contribution in [1.82, 2.24) is 0 Å². The van der Waals surface area contributed by atoms with Crippen LogP contribution >= 0.6 is 0 Å². The molecule has 0 aliphatic heterocycles. The van der Waals surface area contributed by atoms with E-state index in [1.165, 1.54) is 12.1 Å². The molecule has 0 radical (unpaired) electrons. The van der Waals surface area contributed by atoms with Crippen LogP contribution in [0.5, 0.6) is 0 Å². The third-order valence-electron chi connectivity index (χ3n) is 2.39. The van der Waals surface area contributed by atoms with Gasteiger partial charge in [-0.05, 0) is 17.7 Å². The van der Waals surface area contributed by atoms with Gasteiger partial charge in [-0.1, -0.05) is 43.0 Å². The SMILES string of the molecule is C=Cc1ccc(-c2ccccc2F)c(F)c1. The normalized spacial score (nSPS) is 10.1. The van der Waals surface area contributed by atoms with Crippen LogP contribution in [0.3, 0.4) is 0 Å². The molecule has 0 saturated carbocycles. The zero-order valence-corrected chi connectivity index (χ0v) is 8.58. The predicted octanol–water partition coefficient (Wildman–Crippen LogP) is 4.27. The number of rotatable bonds is 2. The van der Waals surface area contributed by atoms with Gasteiger partial charge in [0.1, 0.15) is 11.6 Å². The van der Waals surface area contributed by atoms with Gasteiger partial charge >= 0.3 is 0 Å².